The monoisotopic (exact) mass is 278 g/mol. The summed E-state index contributed by atoms with van der Waals surface area (Å²) in [5.74, 6) is 0.301. The van der Waals surface area contributed by atoms with Crippen LogP contribution in [-0.2, 0) is 0 Å². The molecule has 84 valence electrons. The van der Waals surface area contributed by atoms with E-state index in [0.29, 0.717) is 12.5 Å². The van der Waals surface area contributed by atoms with Crippen molar-refractivity contribution in [3.63, 3.8) is 0 Å². The van der Waals surface area contributed by atoms with Gasteiger partial charge in [0.2, 0.25) is 0 Å². The highest BCUT2D eigenvalue weighted by molar-refractivity contribution is 9.10. The number of nitrogens with zero attached hydrogens (tertiary/aromatic N) is 1. The molecule has 1 unspecified atom stereocenters. The summed E-state index contributed by atoms with van der Waals surface area (Å²) in [4.78, 5) is 4.68. The SMILES string of the molecule is Cc1cc(C(C)CN)nc2c(Br)cccc12. The van der Waals surface area contributed by atoms with Crippen LogP contribution < -0.4 is 5.73 Å². The molecular weight excluding hydrogens is 264 g/mol. The van der Waals surface area contributed by atoms with Gasteiger partial charge in [0.1, 0.15) is 0 Å². The second-order valence-electron chi connectivity index (χ2n) is 4.14. The molecule has 1 heterocycles. The van der Waals surface area contributed by atoms with E-state index in [9.17, 15) is 0 Å². The number of rotatable bonds is 2. The van der Waals surface area contributed by atoms with Crippen molar-refractivity contribution in [3.05, 3.63) is 40.0 Å². The minimum absolute atomic E-state index is 0.301. The summed E-state index contributed by atoms with van der Waals surface area (Å²) in [6.07, 6.45) is 0. The Bertz CT molecular complexity index is 523. The van der Waals surface area contributed by atoms with Gasteiger partial charge in [-0.3, -0.25) is 4.98 Å². The van der Waals surface area contributed by atoms with E-state index in [-0.39, 0.29) is 0 Å². The maximum Gasteiger partial charge on any atom is 0.0850 e. The van der Waals surface area contributed by atoms with Crippen molar-refractivity contribution < 1.29 is 0 Å². The summed E-state index contributed by atoms with van der Waals surface area (Å²) < 4.78 is 1.04. The average molecular weight is 279 g/mol. The zero-order valence-electron chi connectivity index (χ0n) is 9.50. The quantitative estimate of drug-likeness (QED) is 0.915. The van der Waals surface area contributed by atoms with E-state index < -0.39 is 0 Å². The number of pyridine rings is 1. The van der Waals surface area contributed by atoms with Crippen LogP contribution in [0.5, 0.6) is 0 Å². The standard InChI is InChI=1S/C13H15BrN2/c1-8-6-12(9(2)7-15)16-13-10(8)4-3-5-11(13)14/h3-6,9H,7,15H2,1-2H3. The highest BCUT2D eigenvalue weighted by atomic mass is 79.9. The highest BCUT2D eigenvalue weighted by Gasteiger charge is 2.09. The van der Waals surface area contributed by atoms with Gasteiger partial charge in [-0.2, -0.15) is 0 Å². The molecular formula is C13H15BrN2. The van der Waals surface area contributed by atoms with E-state index in [2.05, 4.69) is 46.9 Å². The van der Waals surface area contributed by atoms with Crippen LogP contribution in [0.2, 0.25) is 0 Å². The third-order valence-electron chi connectivity index (χ3n) is 2.88. The summed E-state index contributed by atoms with van der Waals surface area (Å²) in [6.45, 7) is 4.84. The molecule has 0 aliphatic carbocycles. The van der Waals surface area contributed by atoms with E-state index in [1.165, 1.54) is 10.9 Å². The van der Waals surface area contributed by atoms with Gasteiger partial charge in [-0.1, -0.05) is 19.1 Å². The minimum Gasteiger partial charge on any atom is -0.330 e. The Kier molecular flexibility index (Phi) is 3.26. The third-order valence-corrected chi connectivity index (χ3v) is 3.52. The number of hydrogen-bond acceptors (Lipinski definition) is 2. The lowest BCUT2D eigenvalue weighted by molar-refractivity contribution is 0.748. The van der Waals surface area contributed by atoms with Crippen molar-refractivity contribution in [2.75, 3.05) is 6.54 Å². The van der Waals surface area contributed by atoms with Gasteiger partial charge in [0, 0.05) is 28.0 Å². The molecule has 2 rings (SSSR count). The lowest BCUT2D eigenvalue weighted by Gasteiger charge is -2.11. The summed E-state index contributed by atoms with van der Waals surface area (Å²) in [5.41, 5.74) is 9.03. The normalized spacial score (nSPS) is 13.0. The molecule has 16 heavy (non-hydrogen) atoms. The zero-order chi connectivity index (χ0) is 11.7. The summed E-state index contributed by atoms with van der Waals surface area (Å²) in [5, 5.41) is 1.20. The number of hydrogen-bond donors (Lipinski definition) is 1. The fraction of sp³-hybridized carbons (Fsp3) is 0.308. The third kappa shape index (κ3) is 1.97. The van der Waals surface area contributed by atoms with Gasteiger partial charge in [0.05, 0.1) is 5.52 Å². The van der Waals surface area contributed by atoms with Gasteiger partial charge in [-0.25, -0.2) is 0 Å². The van der Waals surface area contributed by atoms with Crippen molar-refractivity contribution in [2.24, 2.45) is 5.73 Å². The van der Waals surface area contributed by atoms with E-state index in [1.54, 1.807) is 0 Å². The zero-order valence-corrected chi connectivity index (χ0v) is 11.1. The number of halogens is 1. The van der Waals surface area contributed by atoms with Gasteiger partial charge in [-0.15, -0.1) is 0 Å². The molecule has 1 aromatic carbocycles. The molecule has 1 atom stereocenters. The van der Waals surface area contributed by atoms with Crippen LogP contribution in [0.3, 0.4) is 0 Å². The van der Waals surface area contributed by atoms with Crippen LogP contribution in [0, 0.1) is 6.92 Å². The van der Waals surface area contributed by atoms with E-state index in [0.717, 1.165) is 15.7 Å². The molecule has 0 amide bonds. The van der Waals surface area contributed by atoms with Gasteiger partial charge in [-0.05, 0) is 40.5 Å². The van der Waals surface area contributed by atoms with Crippen LogP contribution >= 0.6 is 15.9 Å². The van der Waals surface area contributed by atoms with Crippen LogP contribution in [0.15, 0.2) is 28.7 Å². The van der Waals surface area contributed by atoms with Crippen LogP contribution in [0.1, 0.15) is 24.1 Å². The summed E-state index contributed by atoms with van der Waals surface area (Å²) in [6, 6.07) is 8.28. The number of para-hydroxylation sites is 1. The van der Waals surface area contributed by atoms with Gasteiger partial charge >= 0.3 is 0 Å². The van der Waals surface area contributed by atoms with Crippen molar-refractivity contribution >= 4 is 26.8 Å². The molecule has 0 saturated heterocycles. The molecule has 0 spiro atoms. The predicted octanol–water partition coefficient (Wildman–Crippen LogP) is 3.37. The van der Waals surface area contributed by atoms with E-state index in [4.69, 9.17) is 5.73 Å². The first-order chi connectivity index (χ1) is 7.63. The Morgan fingerprint density at radius 3 is 2.88 bits per heavy atom. The first kappa shape index (κ1) is 11.6. The van der Waals surface area contributed by atoms with Gasteiger partial charge in [0.25, 0.3) is 0 Å². The summed E-state index contributed by atoms with van der Waals surface area (Å²) >= 11 is 3.54. The van der Waals surface area contributed by atoms with Crippen LogP contribution in [0.25, 0.3) is 10.9 Å². The van der Waals surface area contributed by atoms with Gasteiger partial charge < -0.3 is 5.73 Å². The Balaban J connectivity index is 2.70. The molecule has 0 bridgehead atoms. The van der Waals surface area contributed by atoms with Gasteiger partial charge in [0.15, 0.2) is 0 Å². The number of fused-ring (bicyclic) bond motifs is 1. The molecule has 0 radical (unpaired) electrons. The Labute approximate surface area is 104 Å². The first-order valence-electron chi connectivity index (χ1n) is 5.39. The van der Waals surface area contributed by atoms with E-state index in [1.807, 2.05) is 12.1 Å². The van der Waals surface area contributed by atoms with Crippen LogP contribution in [0.4, 0.5) is 0 Å². The van der Waals surface area contributed by atoms with E-state index >= 15 is 0 Å². The lowest BCUT2D eigenvalue weighted by Crippen LogP contribution is -2.10. The maximum absolute atomic E-state index is 5.68. The van der Waals surface area contributed by atoms with Crippen molar-refractivity contribution in [2.45, 2.75) is 19.8 Å². The Morgan fingerprint density at radius 2 is 2.19 bits per heavy atom. The fourth-order valence-electron chi connectivity index (χ4n) is 1.78. The molecule has 0 fully saturated rings. The second-order valence-corrected chi connectivity index (χ2v) is 4.99. The lowest BCUT2D eigenvalue weighted by atomic mass is 10.0. The molecule has 2 N–H and O–H groups in total. The smallest absolute Gasteiger partial charge is 0.0850 e. The predicted molar refractivity (Wildman–Crippen MR) is 71.6 cm³/mol. The van der Waals surface area contributed by atoms with Crippen molar-refractivity contribution in [1.82, 2.24) is 4.98 Å². The molecule has 1 aromatic heterocycles. The average Bonchev–Trinajstić information content (AvgIpc) is 2.29. The summed E-state index contributed by atoms with van der Waals surface area (Å²) in [7, 11) is 0. The maximum atomic E-state index is 5.68. The number of nitrogens with two attached hydrogens (primary N) is 1. The first-order valence-corrected chi connectivity index (χ1v) is 6.18. The molecule has 0 saturated carbocycles. The van der Waals surface area contributed by atoms with Crippen molar-refractivity contribution in [1.29, 1.82) is 0 Å². The second kappa shape index (κ2) is 4.52. The Hall–Kier alpha value is -0.930. The molecule has 2 nitrogen and oxygen atoms in total. The van der Waals surface area contributed by atoms with Crippen LogP contribution in [-0.4, -0.2) is 11.5 Å². The molecule has 3 heteroatoms. The number of benzene rings is 1. The van der Waals surface area contributed by atoms with Crippen molar-refractivity contribution in [3.8, 4) is 0 Å². The molecule has 0 aliphatic heterocycles. The largest absolute Gasteiger partial charge is 0.330 e. The Morgan fingerprint density at radius 1 is 1.44 bits per heavy atom. The molecule has 0 aliphatic rings. The number of aromatic nitrogens is 1. The molecule has 2 aromatic rings. The number of aryl methyl sites for hydroxylation is 1. The minimum atomic E-state index is 0.301. The highest BCUT2D eigenvalue weighted by Crippen LogP contribution is 2.27. The fourth-order valence-corrected chi connectivity index (χ4v) is 2.24. The topological polar surface area (TPSA) is 38.9 Å².